The molecule has 1 fully saturated rings. The molecular weight excluding hydrogens is 254 g/mol. The van der Waals surface area contributed by atoms with Crippen molar-refractivity contribution < 1.29 is 0 Å². The average molecular weight is 287 g/mol. The maximum atomic E-state index is 3.74. The Kier molecular flexibility index (Phi) is 5.14. The molecule has 118 valence electrons. The second-order valence-corrected chi connectivity index (χ2v) is 8.28. The van der Waals surface area contributed by atoms with Crippen LogP contribution in [0.3, 0.4) is 0 Å². The summed E-state index contributed by atoms with van der Waals surface area (Å²) in [5.74, 6) is 2.37. The summed E-state index contributed by atoms with van der Waals surface area (Å²) in [6, 6.07) is 6.98. The standard InChI is InChI=1S/C20H33N/c1-14-7-9-16(3)18(11-14)19-12-15(2)8-10-17(19)13-21-20(4,5)6/h7,9,11,15,17,19,21H,8,10,12-13H2,1-6H3. The third-order valence-electron chi connectivity index (χ3n) is 4.98. The Hall–Kier alpha value is -0.820. The molecule has 0 heterocycles. The second-order valence-electron chi connectivity index (χ2n) is 8.28. The third kappa shape index (κ3) is 4.57. The van der Waals surface area contributed by atoms with E-state index in [0.717, 1.165) is 24.3 Å². The maximum Gasteiger partial charge on any atom is 0.00966 e. The van der Waals surface area contributed by atoms with Gasteiger partial charge in [0.1, 0.15) is 0 Å². The zero-order valence-electron chi connectivity index (χ0n) is 14.8. The van der Waals surface area contributed by atoms with Crippen molar-refractivity contribution in [1.29, 1.82) is 0 Å². The fraction of sp³-hybridized carbons (Fsp3) is 0.700. The molecule has 0 spiro atoms. The fourth-order valence-electron chi connectivity index (χ4n) is 3.67. The van der Waals surface area contributed by atoms with Crippen LogP contribution in [0.1, 0.15) is 69.6 Å². The average Bonchev–Trinajstić information content (AvgIpc) is 2.39. The van der Waals surface area contributed by atoms with Gasteiger partial charge in [-0.15, -0.1) is 0 Å². The van der Waals surface area contributed by atoms with E-state index in [2.05, 4.69) is 65.1 Å². The number of rotatable bonds is 3. The van der Waals surface area contributed by atoms with Gasteiger partial charge in [0.2, 0.25) is 0 Å². The van der Waals surface area contributed by atoms with Crippen molar-refractivity contribution >= 4 is 0 Å². The number of hydrogen-bond acceptors (Lipinski definition) is 1. The highest BCUT2D eigenvalue weighted by Gasteiger charge is 2.31. The SMILES string of the molecule is Cc1ccc(C)c(C2CC(C)CCC2CNC(C)(C)C)c1. The van der Waals surface area contributed by atoms with Gasteiger partial charge in [-0.25, -0.2) is 0 Å². The van der Waals surface area contributed by atoms with E-state index in [4.69, 9.17) is 0 Å². The fourth-order valence-corrected chi connectivity index (χ4v) is 3.67. The smallest absolute Gasteiger partial charge is 0.00966 e. The van der Waals surface area contributed by atoms with Gasteiger partial charge in [-0.3, -0.25) is 0 Å². The van der Waals surface area contributed by atoms with E-state index in [1.54, 1.807) is 5.56 Å². The molecule has 1 heteroatoms. The summed E-state index contributed by atoms with van der Waals surface area (Å²) in [6.45, 7) is 14.9. The normalized spacial score (nSPS) is 26.9. The van der Waals surface area contributed by atoms with E-state index in [1.165, 1.54) is 30.4 Å². The molecule has 3 atom stereocenters. The summed E-state index contributed by atoms with van der Waals surface area (Å²) in [4.78, 5) is 0. The highest BCUT2D eigenvalue weighted by molar-refractivity contribution is 5.34. The van der Waals surface area contributed by atoms with Gasteiger partial charge in [0, 0.05) is 5.54 Å². The van der Waals surface area contributed by atoms with E-state index in [1.807, 2.05) is 0 Å². The van der Waals surface area contributed by atoms with Crippen molar-refractivity contribution in [3.63, 3.8) is 0 Å². The molecule has 0 aromatic heterocycles. The highest BCUT2D eigenvalue weighted by atomic mass is 14.9. The van der Waals surface area contributed by atoms with Crippen LogP contribution in [0, 0.1) is 25.7 Å². The molecule has 0 bridgehead atoms. The number of benzene rings is 1. The molecule has 1 aromatic rings. The first-order chi connectivity index (χ1) is 9.76. The van der Waals surface area contributed by atoms with Gasteiger partial charge in [-0.1, -0.05) is 37.1 Å². The number of nitrogens with one attached hydrogen (secondary N) is 1. The minimum atomic E-state index is 0.218. The summed E-state index contributed by atoms with van der Waals surface area (Å²) in [6.07, 6.45) is 4.10. The monoisotopic (exact) mass is 287 g/mol. The lowest BCUT2D eigenvalue weighted by Gasteiger charge is -2.38. The minimum absolute atomic E-state index is 0.218. The van der Waals surface area contributed by atoms with Gasteiger partial charge in [-0.05, 0) is 82.9 Å². The zero-order chi connectivity index (χ0) is 15.6. The summed E-state index contributed by atoms with van der Waals surface area (Å²) in [5.41, 5.74) is 4.69. The Labute approximate surface area is 131 Å². The summed E-state index contributed by atoms with van der Waals surface area (Å²) in [7, 11) is 0. The predicted molar refractivity (Wildman–Crippen MR) is 92.9 cm³/mol. The van der Waals surface area contributed by atoms with E-state index in [-0.39, 0.29) is 5.54 Å². The van der Waals surface area contributed by atoms with Gasteiger partial charge in [0.25, 0.3) is 0 Å². The molecule has 0 aliphatic heterocycles. The van der Waals surface area contributed by atoms with Crippen LogP contribution in [0.15, 0.2) is 18.2 Å². The lowest BCUT2D eigenvalue weighted by molar-refractivity contribution is 0.226. The van der Waals surface area contributed by atoms with Crippen molar-refractivity contribution in [1.82, 2.24) is 5.32 Å². The van der Waals surface area contributed by atoms with Crippen molar-refractivity contribution in [2.75, 3.05) is 6.54 Å². The van der Waals surface area contributed by atoms with Crippen LogP contribution in [-0.2, 0) is 0 Å². The quantitative estimate of drug-likeness (QED) is 0.804. The Balaban J connectivity index is 2.20. The summed E-state index contributed by atoms with van der Waals surface area (Å²) < 4.78 is 0. The molecule has 1 aliphatic carbocycles. The molecule has 1 N–H and O–H groups in total. The van der Waals surface area contributed by atoms with Gasteiger partial charge in [0.05, 0.1) is 0 Å². The molecule has 0 amide bonds. The molecule has 1 aliphatic rings. The van der Waals surface area contributed by atoms with Gasteiger partial charge < -0.3 is 5.32 Å². The van der Waals surface area contributed by atoms with Crippen molar-refractivity contribution in [3.05, 3.63) is 34.9 Å². The predicted octanol–water partition coefficient (Wildman–Crippen LogP) is 5.21. The first kappa shape index (κ1) is 16.5. The molecule has 3 unspecified atom stereocenters. The third-order valence-corrected chi connectivity index (χ3v) is 4.98. The van der Waals surface area contributed by atoms with E-state index in [9.17, 15) is 0 Å². The summed E-state index contributed by atoms with van der Waals surface area (Å²) >= 11 is 0. The topological polar surface area (TPSA) is 12.0 Å². The Morgan fingerprint density at radius 2 is 1.86 bits per heavy atom. The number of aryl methyl sites for hydroxylation is 2. The summed E-state index contributed by atoms with van der Waals surface area (Å²) in [5, 5.41) is 3.74. The first-order valence-corrected chi connectivity index (χ1v) is 8.58. The Bertz CT molecular complexity index is 469. The molecule has 1 nitrogen and oxygen atoms in total. The van der Waals surface area contributed by atoms with Crippen LogP contribution in [0.5, 0.6) is 0 Å². The van der Waals surface area contributed by atoms with E-state index >= 15 is 0 Å². The van der Waals surface area contributed by atoms with Crippen LogP contribution in [0.2, 0.25) is 0 Å². The zero-order valence-corrected chi connectivity index (χ0v) is 14.8. The van der Waals surface area contributed by atoms with Crippen LogP contribution >= 0.6 is 0 Å². The lowest BCUT2D eigenvalue weighted by atomic mass is 9.70. The van der Waals surface area contributed by atoms with E-state index in [0.29, 0.717) is 0 Å². The van der Waals surface area contributed by atoms with Crippen LogP contribution < -0.4 is 5.32 Å². The minimum Gasteiger partial charge on any atom is -0.312 e. The molecule has 0 saturated heterocycles. The largest absolute Gasteiger partial charge is 0.312 e. The highest BCUT2D eigenvalue weighted by Crippen LogP contribution is 2.41. The van der Waals surface area contributed by atoms with Gasteiger partial charge >= 0.3 is 0 Å². The lowest BCUT2D eigenvalue weighted by Crippen LogP contribution is -2.41. The first-order valence-electron chi connectivity index (χ1n) is 8.58. The van der Waals surface area contributed by atoms with Crippen LogP contribution in [0.25, 0.3) is 0 Å². The van der Waals surface area contributed by atoms with Crippen molar-refractivity contribution in [2.24, 2.45) is 11.8 Å². The van der Waals surface area contributed by atoms with Crippen molar-refractivity contribution in [3.8, 4) is 0 Å². The molecule has 2 rings (SSSR count). The van der Waals surface area contributed by atoms with Crippen molar-refractivity contribution in [2.45, 2.75) is 72.3 Å². The molecule has 0 radical (unpaired) electrons. The maximum absolute atomic E-state index is 3.74. The van der Waals surface area contributed by atoms with Gasteiger partial charge in [-0.2, -0.15) is 0 Å². The second kappa shape index (κ2) is 6.52. The van der Waals surface area contributed by atoms with Crippen LogP contribution in [-0.4, -0.2) is 12.1 Å². The molecular formula is C20H33N. The molecule has 1 saturated carbocycles. The molecule has 21 heavy (non-hydrogen) atoms. The Morgan fingerprint density at radius 3 is 2.52 bits per heavy atom. The van der Waals surface area contributed by atoms with E-state index < -0.39 is 0 Å². The van der Waals surface area contributed by atoms with Crippen LogP contribution in [0.4, 0.5) is 0 Å². The van der Waals surface area contributed by atoms with Gasteiger partial charge in [0.15, 0.2) is 0 Å². The molecule has 1 aromatic carbocycles. The Morgan fingerprint density at radius 1 is 1.14 bits per heavy atom. The number of hydrogen-bond donors (Lipinski definition) is 1.